The summed E-state index contributed by atoms with van der Waals surface area (Å²) >= 11 is 2.09. The largest absolute Gasteiger partial charge is 0.493 e. The van der Waals surface area contributed by atoms with Gasteiger partial charge in [0.1, 0.15) is 5.25 Å². The fourth-order valence-electron chi connectivity index (χ4n) is 5.66. The molecule has 4 N–H and O–H groups in total. The molecule has 254 valence electrons. The first-order valence-corrected chi connectivity index (χ1v) is 17.9. The summed E-state index contributed by atoms with van der Waals surface area (Å²) in [6.45, 7) is 1.47. The highest BCUT2D eigenvalue weighted by atomic mass is 32.2. The van der Waals surface area contributed by atoms with Crippen LogP contribution in [0.1, 0.15) is 33.6 Å². The van der Waals surface area contributed by atoms with E-state index < -0.39 is 57.4 Å². The van der Waals surface area contributed by atoms with Gasteiger partial charge in [0.2, 0.25) is 21.8 Å². The van der Waals surface area contributed by atoms with Crippen LogP contribution in [0.2, 0.25) is 0 Å². The SMILES string of the molecule is CCOC(=O)c1ccc(N2C(=O)[C@H]3[C@H](c4ccc(OCC(=O)Nc5ccc(S(N)(=O)=O)cc5)c(OC)c4)c4sc(=O)[nH]c4S[C@H]3C2=O)cc1. The molecular formula is C32H28N4O10S3. The fraction of sp³-hybridized carbons (Fsp3) is 0.219. The number of fused-ring (bicyclic) bond motifs is 2. The van der Waals surface area contributed by atoms with Gasteiger partial charge in [0, 0.05) is 16.5 Å². The molecule has 14 nitrogen and oxygen atoms in total. The maximum absolute atomic E-state index is 14.1. The summed E-state index contributed by atoms with van der Waals surface area (Å²) in [7, 11) is -2.47. The molecule has 2 aliphatic rings. The number of hydrogen-bond acceptors (Lipinski definition) is 12. The summed E-state index contributed by atoms with van der Waals surface area (Å²) in [5.41, 5.74) is 1.48. The molecule has 1 saturated heterocycles. The number of primary sulfonamides is 1. The molecular weight excluding hydrogens is 697 g/mol. The molecule has 4 aromatic rings. The first-order valence-electron chi connectivity index (χ1n) is 14.7. The molecule has 2 aliphatic heterocycles. The summed E-state index contributed by atoms with van der Waals surface area (Å²) in [5, 5.41) is 7.36. The van der Waals surface area contributed by atoms with Crippen molar-refractivity contribution < 1.29 is 41.8 Å². The molecule has 0 saturated carbocycles. The number of imide groups is 1. The number of sulfonamides is 1. The second-order valence-electron chi connectivity index (χ2n) is 10.8. The van der Waals surface area contributed by atoms with Gasteiger partial charge in [-0.3, -0.25) is 19.2 Å². The van der Waals surface area contributed by atoms with Crippen LogP contribution in [0.15, 0.2) is 81.4 Å². The van der Waals surface area contributed by atoms with Crippen LogP contribution in [0.25, 0.3) is 0 Å². The first-order chi connectivity index (χ1) is 23.4. The molecule has 3 heterocycles. The number of amides is 3. The lowest BCUT2D eigenvalue weighted by molar-refractivity contribution is -0.122. The Morgan fingerprint density at radius 2 is 1.69 bits per heavy atom. The molecule has 1 fully saturated rings. The maximum Gasteiger partial charge on any atom is 0.338 e. The van der Waals surface area contributed by atoms with E-state index in [-0.39, 0.29) is 33.4 Å². The Labute approximate surface area is 287 Å². The number of thioether (sulfide) groups is 1. The fourth-order valence-corrected chi connectivity index (χ4v) is 8.69. The zero-order chi connectivity index (χ0) is 35.0. The Morgan fingerprint density at radius 1 is 0.980 bits per heavy atom. The zero-order valence-corrected chi connectivity index (χ0v) is 28.3. The average molecular weight is 725 g/mol. The third-order valence-corrected chi connectivity index (χ3v) is 11.2. The summed E-state index contributed by atoms with van der Waals surface area (Å²) in [6, 6.07) is 16.2. The number of methoxy groups -OCH3 is 1. The lowest BCUT2D eigenvalue weighted by Crippen LogP contribution is -2.32. The topological polar surface area (TPSA) is 204 Å². The lowest BCUT2D eigenvalue weighted by Gasteiger charge is -2.30. The van der Waals surface area contributed by atoms with Crippen molar-refractivity contribution in [1.82, 2.24) is 4.98 Å². The normalized spacial score (nSPS) is 18.4. The van der Waals surface area contributed by atoms with E-state index in [4.69, 9.17) is 19.3 Å². The predicted octanol–water partition coefficient (Wildman–Crippen LogP) is 3.08. The van der Waals surface area contributed by atoms with Crippen molar-refractivity contribution in [2.24, 2.45) is 11.1 Å². The Kier molecular flexibility index (Phi) is 9.35. The summed E-state index contributed by atoms with van der Waals surface area (Å²) in [5.74, 6) is -3.09. The highest BCUT2D eigenvalue weighted by Gasteiger charge is 2.56. The van der Waals surface area contributed by atoms with Crippen LogP contribution < -0.4 is 29.7 Å². The minimum absolute atomic E-state index is 0.102. The van der Waals surface area contributed by atoms with Gasteiger partial charge in [-0.1, -0.05) is 29.2 Å². The zero-order valence-electron chi connectivity index (χ0n) is 25.8. The Balaban J connectivity index is 1.24. The van der Waals surface area contributed by atoms with Gasteiger partial charge in [0.05, 0.1) is 40.8 Å². The van der Waals surface area contributed by atoms with E-state index in [0.29, 0.717) is 26.8 Å². The number of aromatic nitrogens is 1. The Bertz CT molecular complexity index is 2130. The Morgan fingerprint density at radius 3 is 2.35 bits per heavy atom. The van der Waals surface area contributed by atoms with Crippen LogP contribution in [-0.4, -0.2) is 62.7 Å². The first kappa shape index (κ1) is 33.9. The highest BCUT2D eigenvalue weighted by Crippen LogP contribution is 2.53. The number of H-pyrrole nitrogens is 1. The van der Waals surface area contributed by atoms with Crippen molar-refractivity contribution in [3.05, 3.63) is 92.4 Å². The molecule has 0 bridgehead atoms. The number of aromatic amines is 1. The number of rotatable bonds is 10. The van der Waals surface area contributed by atoms with Crippen LogP contribution in [0.5, 0.6) is 11.5 Å². The molecule has 0 radical (unpaired) electrons. The predicted molar refractivity (Wildman–Crippen MR) is 180 cm³/mol. The molecule has 3 amide bonds. The summed E-state index contributed by atoms with van der Waals surface area (Å²) < 4.78 is 39.3. The second-order valence-corrected chi connectivity index (χ2v) is 14.6. The number of nitrogens with zero attached hydrogens (tertiary/aromatic N) is 1. The number of nitrogens with one attached hydrogen (secondary N) is 2. The van der Waals surface area contributed by atoms with Crippen LogP contribution in [0, 0.1) is 5.92 Å². The monoisotopic (exact) mass is 724 g/mol. The molecule has 49 heavy (non-hydrogen) atoms. The van der Waals surface area contributed by atoms with Gasteiger partial charge in [-0.2, -0.15) is 0 Å². The van der Waals surface area contributed by atoms with Crippen LogP contribution in [0.4, 0.5) is 11.4 Å². The highest BCUT2D eigenvalue weighted by molar-refractivity contribution is 8.00. The number of thiazole rings is 1. The van der Waals surface area contributed by atoms with E-state index in [1.807, 2.05) is 0 Å². The van der Waals surface area contributed by atoms with Crippen molar-refractivity contribution in [2.45, 2.75) is 28.0 Å². The van der Waals surface area contributed by atoms with Crippen molar-refractivity contribution in [1.29, 1.82) is 0 Å². The quantitative estimate of drug-likeness (QED) is 0.160. The number of nitrogens with two attached hydrogens (primary N) is 1. The van der Waals surface area contributed by atoms with Gasteiger partial charge >= 0.3 is 10.8 Å². The number of benzene rings is 3. The number of carbonyl (C=O) groups excluding carboxylic acids is 4. The van der Waals surface area contributed by atoms with Crippen molar-refractivity contribution in [3.8, 4) is 11.5 Å². The lowest BCUT2D eigenvalue weighted by atomic mass is 9.83. The number of anilines is 2. The van der Waals surface area contributed by atoms with Gasteiger partial charge in [-0.15, -0.1) is 0 Å². The van der Waals surface area contributed by atoms with E-state index in [2.05, 4.69) is 10.3 Å². The molecule has 3 aromatic carbocycles. The van der Waals surface area contributed by atoms with Gasteiger partial charge in [0.15, 0.2) is 18.1 Å². The van der Waals surface area contributed by atoms with Crippen molar-refractivity contribution in [2.75, 3.05) is 30.5 Å². The van der Waals surface area contributed by atoms with E-state index in [1.54, 1.807) is 25.1 Å². The van der Waals surface area contributed by atoms with E-state index in [9.17, 15) is 32.4 Å². The van der Waals surface area contributed by atoms with E-state index in [1.165, 1.54) is 55.6 Å². The number of ether oxygens (including phenoxy) is 3. The van der Waals surface area contributed by atoms with Crippen molar-refractivity contribution in [3.63, 3.8) is 0 Å². The summed E-state index contributed by atoms with van der Waals surface area (Å²) in [4.78, 5) is 69.1. The molecule has 0 spiro atoms. The van der Waals surface area contributed by atoms with Gasteiger partial charge in [0.25, 0.3) is 5.91 Å². The van der Waals surface area contributed by atoms with Gasteiger partial charge in [-0.05, 0) is 73.2 Å². The smallest absolute Gasteiger partial charge is 0.338 e. The molecule has 0 unspecified atom stereocenters. The number of esters is 1. The maximum atomic E-state index is 14.1. The summed E-state index contributed by atoms with van der Waals surface area (Å²) in [6.07, 6.45) is 0. The third kappa shape index (κ3) is 6.69. The molecule has 6 rings (SSSR count). The number of carbonyl (C=O) groups is 4. The van der Waals surface area contributed by atoms with Crippen LogP contribution >= 0.6 is 23.1 Å². The molecule has 17 heteroatoms. The van der Waals surface area contributed by atoms with Crippen molar-refractivity contribution >= 4 is 68.2 Å². The van der Waals surface area contributed by atoms with Gasteiger partial charge in [-0.25, -0.2) is 23.3 Å². The van der Waals surface area contributed by atoms with E-state index >= 15 is 0 Å². The Hall–Kier alpha value is -4.97. The third-order valence-electron chi connectivity index (χ3n) is 7.83. The molecule has 1 aromatic heterocycles. The minimum Gasteiger partial charge on any atom is -0.493 e. The minimum atomic E-state index is -3.88. The average Bonchev–Trinajstić information content (AvgIpc) is 3.57. The molecule has 0 aliphatic carbocycles. The standard InChI is InChI=1S/C32H28N4O10S3/c1-3-45-31(40)16-4-9-19(10-5-16)36-29(38)25-24(26-28(35-32(41)48-26)47-27(25)30(36)39)17-6-13-21(22(14-17)44-2)46-15-23(37)34-18-7-11-20(12-8-18)49(33,42)43/h4-14,24-25,27H,3,15H2,1-2H3,(H,34,37)(H,35,41)(H2,33,42,43)/t24-,25-,27+/m0/s1. The number of hydrogen-bond donors (Lipinski definition) is 3. The molecule has 3 atom stereocenters. The van der Waals surface area contributed by atoms with E-state index in [0.717, 1.165) is 28.0 Å². The van der Waals surface area contributed by atoms with Crippen LogP contribution in [-0.2, 0) is 29.1 Å². The second kappa shape index (κ2) is 13.5. The van der Waals surface area contributed by atoms with Gasteiger partial charge < -0.3 is 24.5 Å². The van der Waals surface area contributed by atoms with Crippen LogP contribution in [0.3, 0.4) is 0 Å².